The van der Waals surface area contributed by atoms with E-state index >= 15 is 0 Å². The van der Waals surface area contributed by atoms with Crippen molar-refractivity contribution < 1.29 is 9.47 Å². The number of rotatable bonds is 5. The largest absolute Gasteiger partial charge is 0.369 e. The molecule has 70 valence electrons. The molecule has 0 aliphatic heterocycles. The Hall–Kier alpha value is -0.520. The van der Waals surface area contributed by atoms with Crippen molar-refractivity contribution in [3.8, 4) is 11.8 Å². The maximum absolute atomic E-state index is 5.25. The third kappa shape index (κ3) is 9.48. The summed E-state index contributed by atoms with van der Waals surface area (Å²) in [7, 11) is 0. The van der Waals surface area contributed by atoms with Crippen LogP contribution in [0.25, 0.3) is 0 Å². The summed E-state index contributed by atoms with van der Waals surface area (Å²) >= 11 is 0. The number of hydrogen-bond donors (Lipinski definition) is 0. The molecule has 0 fully saturated rings. The van der Waals surface area contributed by atoms with Crippen molar-refractivity contribution in [2.75, 3.05) is 26.4 Å². The van der Waals surface area contributed by atoms with E-state index in [-0.39, 0.29) is 0 Å². The van der Waals surface area contributed by atoms with Gasteiger partial charge in [0.25, 0.3) is 0 Å². The molecule has 0 saturated carbocycles. The zero-order chi connectivity index (χ0) is 9.23. The summed E-state index contributed by atoms with van der Waals surface area (Å²) in [6, 6.07) is 0. The van der Waals surface area contributed by atoms with Crippen molar-refractivity contribution in [3.63, 3.8) is 0 Å². The van der Waals surface area contributed by atoms with Crippen molar-refractivity contribution in [2.45, 2.75) is 20.8 Å². The van der Waals surface area contributed by atoms with Crippen molar-refractivity contribution in [2.24, 2.45) is 5.92 Å². The standard InChI is InChI=1S/C10H18O2/c1-4-11-7-5-6-8-12-9-10(2)3/h10H,4,7-9H2,1-3H3. The predicted octanol–water partition coefficient (Wildman–Crippen LogP) is 1.70. The fourth-order valence-electron chi connectivity index (χ4n) is 0.601. The molecule has 0 saturated heterocycles. The highest BCUT2D eigenvalue weighted by atomic mass is 16.5. The Morgan fingerprint density at radius 3 is 2.17 bits per heavy atom. The quantitative estimate of drug-likeness (QED) is 0.462. The van der Waals surface area contributed by atoms with Crippen LogP contribution >= 0.6 is 0 Å². The molecule has 0 unspecified atom stereocenters. The molecule has 0 atom stereocenters. The van der Waals surface area contributed by atoms with Crippen molar-refractivity contribution in [3.05, 3.63) is 0 Å². The Kier molecular flexibility index (Phi) is 8.20. The molecule has 12 heavy (non-hydrogen) atoms. The molecule has 0 bridgehead atoms. The minimum Gasteiger partial charge on any atom is -0.369 e. The van der Waals surface area contributed by atoms with Crippen LogP contribution in [0.15, 0.2) is 0 Å². The molecule has 0 amide bonds. The SMILES string of the molecule is CCOCC#CCOCC(C)C. The van der Waals surface area contributed by atoms with Gasteiger partial charge < -0.3 is 9.47 Å². The summed E-state index contributed by atoms with van der Waals surface area (Å²) in [5.41, 5.74) is 0. The Morgan fingerprint density at radius 2 is 1.67 bits per heavy atom. The zero-order valence-corrected chi connectivity index (χ0v) is 8.22. The highest BCUT2D eigenvalue weighted by Gasteiger charge is 1.89. The van der Waals surface area contributed by atoms with Crippen LogP contribution in [-0.2, 0) is 9.47 Å². The Bertz CT molecular complexity index is 142. The summed E-state index contributed by atoms with van der Waals surface area (Å²) in [5, 5.41) is 0. The van der Waals surface area contributed by atoms with Crippen LogP contribution in [0.4, 0.5) is 0 Å². The molecule has 2 heteroatoms. The van der Waals surface area contributed by atoms with E-state index < -0.39 is 0 Å². The van der Waals surface area contributed by atoms with Gasteiger partial charge in [-0.1, -0.05) is 25.7 Å². The summed E-state index contributed by atoms with van der Waals surface area (Å²) in [4.78, 5) is 0. The number of hydrogen-bond acceptors (Lipinski definition) is 2. The van der Waals surface area contributed by atoms with Crippen LogP contribution in [-0.4, -0.2) is 26.4 Å². The lowest BCUT2D eigenvalue weighted by molar-refractivity contribution is 0.138. The van der Waals surface area contributed by atoms with Gasteiger partial charge in [-0.3, -0.25) is 0 Å². The van der Waals surface area contributed by atoms with E-state index in [9.17, 15) is 0 Å². The zero-order valence-electron chi connectivity index (χ0n) is 8.22. The van der Waals surface area contributed by atoms with Crippen molar-refractivity contribution in [1.82, 2.24) is 0 Å². The van der Waals surface area contributed by atoms with Gasteiger partial charge in [0.05, 0.1) is 6.61 Å². The minimum atomic E-state index is 0.515. The van der Waals surface area contributed by atoms with Gasteiger partial charge in [0.1, 0.15) is 13.2 Å². The van der Waals surface area contributed by atoms with Gasteiger partial charge in [0, 0.05) is 6.61 Å². The van der Waals surface area contributed by atoms with Gasteiger partial charge in [0.2, 0.25) is 0 Å². The van der Waals surface area contributed by atoms with Crippen LogP contribution in [0.5, 0.6) is 0 Å². The highest BCUT2D eigenvalue weighted by Crippen LogP contribution is 1.90. The maximum Gasteiger partial charge on any atom is 0.107 e. The molecule has 0 aromatic heterocycles. The van der Waals surface area contributed by atoms with Crippen LogP contribution in [0.1, 0.15) is 20.8 Å². The Morgan fingerprint density at radius 1 is 1.08 bits per heavy atom. The summed E-state index contributed by atoms with van der Waals surface area (Å²) in [5.74, 6) is 6.32. The van der Waals surface area contributed by atoms with Crippen LogP contribution in [0, 0.1) is 17.8 Å². The molecule has 0 radical (unpaired) electrons. The fraction of sp³-hybridized carbons (Fsp3) is 0.800. The first-order valence-corrected chi connectivity index (χ1v) is 4.38. The first kappa shape index (κ1) is 11.5. The smallest absolute Gasteiger partial charge is 0.107 e. The van der Waals surface area contributed by atoms with Crippen molar-refractivity contribution >= 4 is 0 Å². The lowest BCUT2D eigenvalue weighted by Gasteiger charge is -2.01. The summed E-state index contributed by atoms with van der Waals surface area (Å²) < 4.78 is 10.3. The van der Waals surface area contributed by atoms with E-state index in [2.05, 4.69) is 25.7 Å². The second-order valence-corrected chi connectivity index (χ2v) is 2.90. The van der Waals surface area contributed by atoms with E-state index in [1.807, 2.05) is 6.92 Å². The molecular formula is C10H18O2. The van der Waals surface area contributed by atoms with Gasteiger partial charge in [-0.2, -0.15) is 0 Å². The van der Waals surface area contributed by atoms with Crippen LogP contribution in [0.2, 0.25) is 0 Å². The fourth-order valence-corrected chi connectivity index (χ4v) is 0.601. The van der Waals surface area contributed by atoms with E-state index in [0.29, 0.717) is 19.1 Å². The average Bonchev–Trinajstić information content (AvgIpc) is 2.02. The molecule has 0 rings (SSSR count). The molecule has 2 nitrogen and oxygen atoms in total. The average molecular weight is 170 g/mol. The van der Waals surface area contributed by atoms with Gasteiger partial charge >= 0.3 is 0 Å². The van der Waals surface area contributed by atoms with Gasteiger partial charge in [-0.05, 0) is 12.8 Å². The first-order valence-electron chi connectivity index (χ1n) is 4.38. The van der Waals surface area contributed by atoms with Crippen LogP contribution < -0.4 is 0 Å². The molecule has 0 aliphatic carbocycles. The lowest BCUT2D eigenvalue weighted by atomic mass is 10.2. The molecular weight excluding hydrogens is 152 g/mol. The molecule has 0 heterocycles. The van der Waals surface area contributed by atoms with E-state index in [1.165, 1.54) is 0 Å². The van der Waals surface area contributed by atoms with Gasteiger partial charge in [-0.25, -0.2) is 0 Å². The lowest BCUT2D eigenvalue weighted by Crippen LogP contribution is -2.01. The predicted molar refractivity (Wildman–Crippen MR) is 49.9 cm³/mol. The molecule has 0 N–H and O–H groups in total. The van der Waals surface area contributed by atoms with E-state index in [1.54, 1.807) is 0 Å². The third-order valence-electron chi connectivity index (χ3n) is 1.13. The summed E-state index contributed by atoms with van der Waals surface area (Å²) in [6.45, 7) is 8.73. The second-order valence-electron chi connectivity index (χ2n) is 2.90. The van der Waals surface area contributed by atoms with Gasteiger partial charge in [-0.15, -0.1) is 0 Å². The Labute approximate surface area is 75.3 Å². The maximum atomic E-state index is 5.25. The Balaban J connectivity index is 3.10. The third-order valence-corrected chi connectivity index (χ3v) is 1.13. The topological polar surface area (TPSA) is 18.5 Å². The number of ether oxygens (including phenoxy) is 2. The highest BCUT2D eigenvalue weighted by molar-refractivity contribution is 4.99. The molecule has 0 aromatic carbocycles. The minimum absolute atomic E-state index is 0.515. The van der Waals surface area contributed by atoms with Crippen molar-refractivity contribution in [1.29, 1.82) is 0 Å². The van der Waals surface area contributed by atoms with E-state index in [4.69, 9.17) is 9.47 Å². The molecule has 0 aromatic rings. The monoisotopic (exact) mass is 170 g/mol. The normalized spacial score (nSPS) is 9.67. The summed E-state index contributed by atoms with van der Waals surface area (Å²) in [6.07, 6.45) is 0. The van der Waals surface area contributed by atoms with Gasteiger partial charge in [0.15, 0.2) is 0 Å². The van der Waals surface area contributed by atoms with Crippen LogP contribution in [0.3, 0.4) is 0 Å². The second kappa shape index (κ2) is 8.58. The first-order chi connectivity index (χ1) is 5.77. The molecule has 0 spiro atoms. The van der Waals surface area contributed by atoms with E-state index in [0.717, 1.165) is 13.2 Å². The molecule has 0 aliphatic rings.